The first kappa shape index (κ1) is 29.8. The Kier molecular flexibility index (Phi) is 9.70. The lowest BCUT2D eigenvalue weighted by Crippen LogP contribution is -2.25. The van der Waals surface area contributed by atoms with Gasteiger partial charge < -0.3 is 10.1 Å². The van der Waals surface area contributed by atoms with E-state index in [0.717, 1.165) is 56.3 Å². The number of amides is 1. The van der Waals surface area contributed by atoms with Gasteiger partial charge in [-0.05, 0) is 84.3 Å². The van der Waals surface area contributed by atoms with E-state index in [2.05, 4.69) is 36.0 Å². The van der Waals surface area contributed by atoms with Crippen molar-refractivity contribution in [2.24, 2.45) is 5.41 Å². The minimum absolute atomic E-state index is 0.0396. The molecule has 0 aliphatic rings. The van der Waals surface area contributed by atoms with E-state index in [9.17, 15) is 22.8 Å². The first-order valence-electron chi connectivity index (χ1n) is 12.1. The molecule has 4 nitrogen and oxygen atoms in total. The van der Waals surface area contributed by atoms with Crippen molar-refractivity contribution in [3.63, 3.8) is 0 Å². The number of benzene rings is 2. The summed E-state index contributed by atoms with van der Waals surface area (Å²) in [5.41, 5.74) is 3.08. The molecule has 38 heavy (non-hydrogen) atoms. The second-order valence-electron chi connectivity index (χ2n) is 9.98. The van der Waals surface area contributed by atoms with Crippen molar-refractivity contribution in [1.29, 1.82) is 0 Å². The fraction of sp³-hybridized carbons (Fsp3) is 0.379. The van der Waals surface area contributed by atoms with Gasteiger partial charge in [-0.2, -0.15) is 13.2 Å². The van der Waals surface area contributed by atoms with Crippen LogP contribution in [-0.2, 0) is 22.1 Å². The van der Waals surface area contributed by atoms with Gasteiger partial charge in [0.1, 0.15) is 0 Å². The third-order valence-electron chi connectivity index (χ3n) is 6.02. The molecule has 9 heteroatoms. The molecule has 0 radical (unpaired) electrons. The molecular weight excluding hydrogens is 531 g/mol. The van der Waals surface area contributed by atoms with E-state index in [1.54, 1.807) is 11.8 Å². The molecule has 0 unspecified atom stereocenters. The van der Waals surface area contributed by atoms with Gasteiger partial charge in [0, 0.05) is 22.1 Å². The topological polar surface area (TPSA) is 55.4 Å². The highest BCUT2D eigenvalue weighted by molar-refractivity contribution is 7.99. The highest BCUT2D eigenvalue weighted by Gasteiger charge is 2.30. The number of ether oxygens (including phenoxy) is 1. The van der Waals surface area contributed by atoms with E-state index in [1.165, 1.54) is 30.6 Å². The van der Waals surface area contributed by atoms with Crippen LogP contribution in [0.4, 0.5) is 13.2 Å². The number of thiophene rings is 1. The number of hydrogen-bond donors (Lipinski definition) is 1. The normalized spacial score (nSPS) is 11.9. The number of nitrogens with one attached hydrogen (secondary N) is 1. The van der Waals surface area contributed by atoms with Gasteiger partial charge in [-0.15, -0.1) is 23.1 Å². The van der Waals surface area contributed by atoms with Gasteiger partial charge in [-0.3, -0.25) is 9.59 Å². The van der Waals surface area contributed by atoms with Crippen molar-refractivity contribution < 1.29 is 27.5 Å². The lowest BCUT2D eigenvalue weighted by molar-refractivity contribution is -0.140. The molecule has 0 bridgehead atoms. The van der Waals surface area contributed by atoms with E-state index in [1.807, 2.05) is 26.0 Å². The number of esters is 1. The highest BCUT2D eigenvalue weighted by Crippen LogP contribution is 2.37. The van der Waals surface area contributed by atoms with Crippen molar-refractivity contribution in [2.75, 3.05) is 19.4 Å². The Hall–Kier alpha value is -2.78. The second-order valence-corrected chi connectivity index (χ2v) is 12.2. The minimum Gasteiger partial charge on any atom is -0.469 e. The number of alkyl halides is 3. The summed E-state index contributed by atoms with van der Waals surface area (Å²) in [7, 11) is 1.32. The molecule has 0 saturated heterocycles. The highest BCUT2D eigenvalue weighted by atomic mass is 32.2. The van der Waals surface area contributed by atoms with Gasteiger partial charge in [0.25, 0.3) is 5.91 Å². The number of hydrogen-bond acceptors (Lipinski definition) is 5. The Morgan fingerprint density at radius 3 is 2.21 bits per heavy atom. The van der Waals surface area contributed by atoms with Crippen LogP contribution < -0.4 is 5.32 Å². The van der Waals surface area contributed by atoms with Crippen LogP contribution in [0, 0.1) is 19.3 Å². The van der Waals surface area contributed by atoms with Crippen molar-refractivity contribution in [1.82, 2.24) is 5.32 Å². The van der Waals surface area contributed by atoms with Crippen LogP contribution in [0.5, 0.6) is 0 Å². The average Bonchev–Trinajstić information content (AvgIpc) is 3.30. The van der Waals surface area contributed by atoms with Crippen LogP contribution in [0.2, 0.25) is 0 Å². The molecular formula is C29H32F3NO3S2. The van der Waals surface area contributed by atoms with E-state index in [-0.39, 0.29) is 30.3 Å². The summed E-state index contributed by atoms with van der Waals surface area (Å²) in [6.07, 6.45) is -3.41. The summed E-state index contributed by atoms with van der Waals surface area (Å²) in [6.45, 7) is 8.58. The van der Waals surface area contributed by atoms with Crippen LogP contribution in [0.3, 0.4) is 0 Å². The minimum atomic E-state index is -4.35. The number of methoxy groups -OCH3 is 1. The molecule has 0 aliphatic carbocycles. The molecule has 1 amide bonds. The van der Waals surface area contributed by atoms with Crippen LogP contribution in [0.1, 0.15) is 51.5 Å². The summed E-state index contributed by atoms with van der Waals surface area (Å²) in [5, 5.41) is 2.74. The van der Waals surface area contributed by atoms with Crippen molar-refractivity contribution in [3.05, 3.63) is 75.0 Å². The Bertz CT molecular complexity index is 1260. The standard InChI is InChI=1S/C29H32F3NO3S2/c1-18-14-23(15-19(2)26(18)20-6-8-21(9-7-20)29(30,31)32)37-17-28(3,4)16-22-10-11-24(38-22)27(35)33-13-12-25(34)36-5/h6-11,14-15H,12-13,16-17H2,1-5H3,(H,33,35). The Labute approximate surface area is 230 Å². The Morgan fingerprint density at radius 2 is 1.63 bits per heavy atom. The molecule has 0 spiro atoms. The summed E-state index contributed by atoms with van der Waals surface area (Å²) < 4.78 is 43.4. The first-order chi connectivity index (χ1) is 17.8. The number of aryl methyl sites for hydroxylation is 2. The largest absolute Gasteiger partial charge is 0.469 e. The summed E-state index contributed by atoms with van der Waals surface area (Å²) >= 11 is 3.20. The smallest absolute Gasteiger partial charge is 0.416 e. The summed E-state index contributed by atoms with van der Waals surface area (Å²) in [5.74, 6) is 0.289. The molecule has 204 valence electrons. The molecule has 1 N–H and O–H groups in total. The van der Waals surface area contributed by atoms with Gasteiger partial charge in [-0.25, -0.2) is 0 Å². The molecule has 2 aromatic carbocycles. The van der Waals surface area contributed by atoms with Crippen molar-refractivity contribution >= 4 is 35.0 Å². The van der Waals surface area contributed by atoms with Crippen molar-refractivity contribution in [3.8, 4) is 11.1 Å². The third kappa shape index (κ3) is 8.11. The average molecular weight is 564 g/mol. The molecule has 0 saturated carbocycles. The fourth-order valence-electron chi connectivity index (χ4n) is 4.15. The number of halogens is 3. The number of rotatable bonds is 10. The molecule has 0 fully saturated rings. The number of carbonyl (C=O) groups excluding carboxylic acids is 2. The third-order valence-corrected chi connectivity index (χ3v) is 8.60. The molecule has 0 atom stereocenters. The quantitative estimate of drug-likeness (QED) is 0.203. The summed E-state index contributed by atoms with van der Waals surface area (Å²) in [4.78, 5) is 26.4. The zero-order valence-corrected chi connectivity index (χ0v) is 23.8. The Morgan fingerprint density at radius 1 is 1.00 bits per heavy atom. The van der Waals surface area contributed by atoms with Crippen LogP contribution in [0.15, 0.2) is 53.4 Å². The number of carbonyl (C=O) groups is 2. The maximum absolute atomic E-state index is 12.9. The monoisotopic (exact) mass is 563 g/mol. The summed E-state index contributed by atoms with van der Waals surface area (Å²) in [6, 6.07) is 13.3. The van der Waals surface area contributed by atoms with Crippen molar-refractivity contribution in [2.45, 2.75) is 51.6 Å². The number of thioether (sulfide) groups is 1. The lowest BCUT2D eigenvalue weighted by Gasteiger charge is -2.24. The van der Waals surface area contributed by atoms with Gasteiger partial charge in [-0.1, -0.05) is 26.0 Å². The molecule has 3 rings (SSSR count). The van der Waals surface area contributed by atoms with E-state index >= 15 is 0 Å². The molecule has 0 aliphatic heterocycles. The van der Waals surface area contributed by atoms with Crippen LogP contribution >= 0.6 is 23.1 Å². The van der Waals surface area contributed by atoms with E-state index < -0.39 is 11.7 Å². The van der Waals surface area contributed by atoms with E-state index in [0.29, 0.717) is 4.88 Å². The SMILES string of the molecule is COC(=O)CCNC(=O)c1ccc(CC(C)(C)CSc2cc(C)c(-c3ccc(C(F)(F)F)cc3)c(C)c2)s1. The van der Waals surface area contributed by atoms with Gasteiger partial charge in [0.2, 0.25) is 0 Å². The maximum Gasteiger partial charge on any atom is 0.416 e. The predicted octanol–water partition coefficient (Wildman–Crippen LogP) is 7.70. The zero-order chi connectivity index (χ0) is 28.1. The van der Waals surface area contributed by atoms with Gasteiger partial charge in [0.15, 0.2) is 0 Å². The van der Waals surface area contributed by atoms with Gasteiger partial charge >= 0.3 is 12.1 Å². The van der Waals surface area contributed by atoms with Gasteiger partial charge in [0.05, 0.1) is 24.0 Å². The Balaban J connectivity index is 1.61. The zero-order valence-electron chi connectivity index (χ0n) is 22.1. The lowest BCUT2D eigenvalue weighted by atomic mass is 9.91. The molecule has 1 heterocycles. The predicted molar refractivity (Wildman–Crippen MR) is 148 cm³/mol. The fourth-order valence-corrected chi connectivity index (χ4v) is 6.51. The van der Waals surface area contributed by atoms with Crippen LogP contribution in [-0.4, -0.2) is 31.3 Å². The first-order valence-corrected chi connectivity index (χ1v) is 13.9. The molecule has 3 aromatic rings. The second kappa shape index (κ2) is 12.4. The van der Waals surface area contributed by atoms with Crippen LogP contribution in [0.25, 0.3) is 11.1 Å². The van der Waals surface area contributed by atoms with E-state index in [4.69, 9.17) is 0 Å². The maximum atomic E-state index is 12.9. The molecule has 1 aromatic heterocycles.